The number of esters is 2. The minimum atomic E-state index is -0.564. The molecule has 0 N–H and O–H groups in total. The van der Waals surface area contributed by atoms with E-state index in [-0.39, 0.29) is 36.9 Å². The molecule has 140 valence electrons. The van der Waals surface area contributed by atoms with E-state index in [1.165, 1.54) is 0 Å². The average molecular weight is 351 g/mol. The first kappa shape index (κ1) is 19.5. The maximum atomic E-state index is 13.0. The smallest absolute Gasteiger partial charge is 0.307 e. The van der Waals surface area contributed by atoms with Crippen molar-refractivity contribution >= 4 is 17.8 Å². The van der Waals surface area contributed by atoms with Gasteiger partial charge in [0.1, 0.15) is 12.2 Å². The minimum Gasteiger partial charge on any atom is -0.463 e. The molecule has 0 radical (unpaired) electrons. The van der Waals surface area contributed by atoms with E-state index in [1.54, 1.807) is 4.90 Å². The molecule has 0 saturated carbocycles. The lowest BCUT2D eigenvalue weighted by atomic mass is 9.98. The zero-order valence-electron chi connectivity index (χ0n) is 15.5. The predicted molar refractivity (Wildman–Crippen MR) is 92.6 cm³/mol. The maximum absolute atomic E-state index is 13.0. The van der Waals surface area contributed by atoms with Crippen LogP contribution in [0.15, 0.2) is 12.2 Å². The van der Waals surface area contributed by atoms with Crippen LogP contribution >= 0.6 is 0 Å². The number of hydrogen-bond acceptors (Lipinski definition) is 5. The first-order valence-corrected chi connectivity index (χ1v) is 9.09. The van der Waals surface area contributed by atoms with Gasteiger partial charge in [-0.2, -0.15) is 0 Å². The van der Waals surface area contributed by atoms with Gasteiger partial charge in [0.25, 0.3) is 0 Å². The van der Waals surface area contributed by atoms with Crippen LogP contribution in [0.25, 0.3) is 0 Å². The Hall–Kier alpha value is -1.85. The molecule has 0 aromatic heterocycles. The summed E-state index contributed by atoms with van der Waals surface area (Å²) < 4.78 is 10.7. The van der Waals surface area contributed by atoms with Crippen LogP contribution in [-0.2, 0) is 23.9 Å². The lowest BCUT2D eigenvalue weighted by Gasteiger charge is -2.29. The second kappa shape index (κ2) is 8.50. The van der Waals surface area contributed by atoms with E-state index in [4.69, 9.17) is 9.47 Å². The molecule has 25 heavy (non-hydrogen) atoms. The molecule has 2 heterocycles. The fourth-order valence-electron chi connectivity index (χ4n) is 3.23. The van der Waals surface area contributed by atoms with E-state index >= 15 is 0 Å². The van der Waals surface area contributed by atoms with Gasteiger partial charge in [-0.1, -0.05) is 12.2 Å². The standard InChI is InChI=1S/C19H29NO5/c1-19(2,3)25-17(22)12-14-8-5-4-6-10-16(21)24-13-15-9-7-11-20(15)18(14)23/h4-5,14-15H,6-13H2,1-3H3/b5-4-/t14-,15-/m0/s1. The highest BCUT2D eigenvalue weighted by Gasteiger charge is 2.35. The Morgan fingerprint density at radius 2 is 2.08 bits per heavy atom. The van der Waals surface area contributed by atoms with Gasteiger partial charge in [-0.15, -0.1) is 0 Å². The molecule has 2 aliphatic heterocycles. The second-order valence-corrected chi connectivity index (χ2v) is 7.74. The zero-order valence-corrected chi connectivity index (χ0v) is 15.5. The number of cyclic esters (lactones) is 1. The van der Waals surface area contributed by atoms with E-state index in [0.29, 0.717) is 25.8 Å². The number of rotatable bonds is 2. The lowest BCUT2D eigenvalue weighted by molar-refractivity contribution is -0.158. The van der Waals surface area contributed by atoms with Crippen molar-refractivity contribution in [3.8, 4) is 0 Å². The normalized spacial score (nSPS) is 26.9. The van der Waals surface area contributed by atoms with Crippen molar-refractivity contribution in [1.29, 1.82) is 0 Å². The fraction of sp³-hybridized carbons (Fsp3) is 0.737. The summed E-state index contributed by atoms with van der Waals surface area (Å²) in [5, 5.41) is 0. The van der Waals surface area contributed by atoms with E-state index in [1.807, 2.05) is 32.9 Å². The molecule has 2 rings (SSSR count). The molecular formula is C19H29NO5. The van der Waals surface area contributed by atoms with Crippen LogP contribution in [0.5, 0.6) is 0 Å². The summed E-state index contributed by atoms with van der Waals surface area (Å²) >= 11 is 0. The van der Waals surface area contributed by atoms with Gasteiger partial charge in [0.2, 0.25) is 5.91 Å². The Balaban J connectivity index is 2.11. The van der Waals surface area contributed by atoms with Gasteiger partial charge in [-0.25, -0.2) is 0 Å². The molecule has 0 bridgehead atoms. The Labute approximate surface area is 149 Å². The van der Waals surface area contributed by atoms with Crippen LogP contribution in [0.4, 0.5) is 0 Å². The summed E-state index contributed by atoms with van der Waals surface area (Å²) in [6.45, 7) is 6.35. The largest absolute Gasteiger partial charge is 0.463 e. The van der Waals surface area contributed by atoms with E-state index in [2.05, 4.69) is 0 Å². The highest BCUT2D eigenvalue weighted by atomic mass is 16.6. The minimum absolute atomic E-state index is 0.0466. The third kappa shape index (κ3) is 6.18. The third-order valence-corrected chi connectivity index (χ3v) is 4.38. The molecule has 2 atom stereocenters. The van der Waals surface area contributed by atoms with Gasteiger partial charge < -0.3 is 14.4 Å². The van der Waals surface area contributed by atoms with Gasteiger partial charge >= 0.3 is 11.9 Å². The molecule has 0 spiro atoms. The summed E-state index contributed by atoms with van der Waals surface area (Å²) in [6.07, 6.45) is 6.96. The first-order valence-electron chi connectivity index (χ1n) is 9.09. The number of allylic oxidation sites excluding steroid dienone is 2. The van der Waals surface area contributed by atoms with E-state index in [0.717, 1.165) is 12.8 Å². The molecule has 1 fully saturated rings. The topological polar surface area (TPSA) is 72.9 Å². The number of fused-ring (bicyclic) bond motifs is 1. The number of hydrogen-bond donors (Lipinski definition) is 0. The third-order valence-electron chi connectivity index (χ3n) is 4.38. The van der Waals surface area contributed by atoms with Crippen molar-refractivity contribution < 1.29 is 23.9 Å². The van der Waals surface area contributed by atoms with E-state index < -0.39 is 11.5 Å². The Morgan fingerprint density at radius 3 is 2.80 bits per heavy atom. The number of carbonyl (C=O) groups is 3. The summed E-state index contributed by atoms with van der Waals surface area (Å²) in [4.78, 5) is 38.6. The van der Waals surface area contributed by atoms with Gasteiger partial charge in [-0.05, 0) is 46.5 Å². The number of amides is 1. The van der Waals surface area contributed by atoms with Gasteiger partial charge in [0.05, 0.1) is 18.4 Å². The van der Waals surface area contributed by atoms with Crippen molar-refractivity contribution in [3.63, 3.8) is 0 Å². The molecule has 0 unspecified atom stereocenters. The molecule has 2 aliphatic rings. The van der Waals surface area contributed by atoms with Gasteiger partial charge in [0, 0.05) is 13.0 Å². The highest BCUT2D eigenvalue weighted by Crippen LogP contribution is 2.25. The number of ether oxygens (including phenoxy) is 2. The molecular weight excluding hydrogens is 322 g/mol. The summed E-state index contributed by atoms with van der Waals surface area (Å²) in [6, 6.07) is -0.0824. The Kier molecular flexibility index (Phi) is 6.62. The van der Waals surface area contributed by atoms with Gasteiger partial charge in [0.15, 0.2) is 0 Å². The van der Waals surface area contributed by atoms with Crippen LogP contribution in [0.2, 0.25) is 0 Å². The molecule has 0 aliphatic carbocycles. The molecule has 0 aromatic rings. The number of carbonyl (C=O) groups excluding carboxylic acids is 3. The quantitative estimate of drug-likeness (QED) is 0.565. The maximum Gasteiger partial charge on any atom is 0.307 e. The van der Waals surface area contributed by atoms with Crippen molar-refractivity contribution in [2.24, 2.45) is 5.92 Å². The van der Waals surface area contributed by atoms with Crippen LogP contribution in [0, 0.1) is 5.92 Å². The van der Waals surface area contributed by atoms with Crippen molar-refractivity contribution in [3.05, 3.63) is 12.2 Å². The Morgan fingerprint density at radius 1 is 1.32 bits per heavy atom. The molecule has 6 nitrogen and oxygen atoms in total. The SMILES string of the molecule is CC(C)(C)OC(=O)C[C@@H]1C/C=C\CCC(=O)OC[C@@H]2CCCN2C1=O. The van der Waals surface area contributed by atoms with Crippen molar-refractivity contribution in [1.82, 2.24) is 4.90 Å². The molecule has 1 saturated heterocycles. The zero-order chi connectivity index (χ0) is 18.4. The monoisotopic (exact) mass is 351 g/mol. The van der Waals surface area contributed by atoms with Crippen molar-refractivity contribution in [2.75, 3.05) is 13.2 Å². The molecule has 0 aromatic carbocycles. The van der Waals surface area contributed by atoms with Crippen LogP contribution in [0.3, 0.4) is 0 Å². The average Bonchev–Trinajstić information content (AvgIpc) is 2.96. The molecule has 1 amide bonds. The van der Waals surface area contributed by atoms with Gasteiger partial charge in [-0.3, -0.25) is 14.4 Å². The second-order valence-electron chi connectivity index (χ2n) is 7.74. The number of nitrogens with zero attached hydrogens (tertiary/aromatic N) is 1. The fourth-order valence-corrected chi connectivity index (χ4v) is 3.23. The summed E-state index contributed by atoms with van der Waals surface area (Å²) in [5.41, 5.74) is -0.564. The summed E-state index contributed by atoms with van der Waals surface area (Å²) in [7, 11) is 0. The predicted octanol–water partition coefficient (Wildman–Crippen LogP) is 2.61. The van der Waals surface area contributed by atoms with E-state index in [9.17, 15) is 14.4 Å². The lowest BCUT2D eigenvalue weighted by Crippen LogP contribution is -2.43. The van der Waals surface area contributed by atoms with Crippen molar-refractivity contribution in [2.45, 2.75) is 70.9 Å². The van der Waals surface area contributed by atoms with Crippen LogP contribution in [0.1, 0.15) is 59.3 Å². The highest BCUT2D eigenvalue weighted by molar-refractivity contribution is 5.84. The molecule has 6 heteroatoms. The van der Waals surface area contributed by atoms with Crippen LogP contribution < -0.4 is 0 Å². The summed E-state index contributed by atoms with van der Waals surface area (Å²) in [5.74, 6) is -1.06. The first-order chi connectivity index (χ1) is 11.8. The Bertz CT molecular complexity index is 534. The van der Waals surface area contributed by atoms with Crippen LogP contribution in [-0.4, -0.2) is 47.5 Å².